The van der Waals surface area contributed by atoms with Crippen molar-refractivity contribution in [2.45, 2.75) is 23.8 Å². The number of carbonyl (C=O) groups excluding carboxylic acids is 3. The molecule has 1 aromatic rings. The molecular formula is C17H22N2O4S2. The molecule has 1 aliphatic rings. The molecule has 8 heteroatoms. The normalized spacial score (nSPS) is 14.6. The number of hydrogen-bond acceptors (Lipinski definition) is 6. The van der Waals surface area contributed by atoms with Crippen molar-refractivity contribution in [2.24, 2.45) is 0 Å². The zero-order valence-corrected chi connectivity index (χ0v) is 16.0. The minimum absolute atomic E-state index is 0.0107. The Balaban J connectivity index is 1.94. The molecular weight excluding hydrogens is 360 g/mol. The van der Waals surface area contributed by atoms with Crippen LogP contribution in [0, 0.1) is 0 Å². The van der Waals surface area contributed by atoms with E-state index in [-0.39, 0.29) is 18.2 Å². The van der Waals surface area contributed by atoms with Gasteiger partial charge in [-0.25, -0.2) is 4.79 Å². The molecule has 2 rings (SSSR count). The lowest BCUT2D eigenvalue weighted by Gasteiger charge is -2.28. The molecule has 0 spiro atoms. The third-order valence-corrected chi connectivity index (χ3v) is 5.49. The Morgan fingerprint density at radius 2 is 2.16 bits per heavy atom. The molecule has 25 heavy (non-hydrogen) atoms. The summed E-state index contributed by atoms with van der Waals surface area (Å²) in [6.45, 7) is 0.290. The fraction of sp³-hybridized carbons (Fsp3) is 0.471. The number of thioether (sulfide) groups is 2. The Bertz CT molecular complexity index is 639. The van der Waals surface area contributed by atoms with Crippen LogP contribution in [0.5, 0.6) is 0 Å². The van der Waals surface area contributed by atoms with Gasteiger partial charge in [-0.2, -0.15) is 11.8 Å². The van der Waals surface area contributed by atoms with Crippen molar-refractivity contribution in [1.82, 2.24) is 5.32 Å². The van der Waals surface area contributed by atoms with Gasteiger partial charge in [0.25, 0.3) is 0 Å². The van der Waals surface area contributed by atoms with E-state index in [1.54, 1.807) is 16.7 Å². The first-order valence-electron chi connectivity index (χ1n) is 7.95. The summed E-state index contributed by atoms with van der Waals surface area (Å²) in [4.78, 5) is 38.9. The van der Waals surface area contributed by atoms with E-state index in [2.05, 4.69) is 5.32 Å². The molecule has 0 saturated heterocycles. The number of carbonyl (C=O) groups is 3. The molecule has 0 unspecified atom stereocenters. The molecule has 1 atom stereocenters. The van der Waals surface area contributed by atoms with Crippen LogP contribution in [0.3, 0.4) is 0 Å². The highest BCUT2D eigenvalue weighted by molar-refractivity contribution is 8.00. The molecule has 0 aromatic heterocycles. The van der Waals surface area contributed by atoms with Gasteiger partial charge in [-0.3, -0.25) is 9.59 Å². The van der Waals surface area contributed by atoms with E-state index >= 15 is 0 Å². The van der Waals surface area contributed by atoms with Gasteiger partial charge in [-0.1, -0.05) is 12.1 Å². The number of nitrogens with one attached hydrogen (secondary N) is 1. The van der Waals surface area contributed by atoms with Crippen molar-refractivity contribution in [2.75, 3.05) is 36.3 Å². The van der Waals surface area contributed by atoms with E-state index in [0.717, 1.165) is 16.3 Å². The highest BCUT2D eigenvalue weighted by Gasteiger charge is 2.26. The molecule has 1 heterocycles. The predicted molar refractivity (Wildman–Crippen MR) is 101 cm³/mol. The molecule has 6 nitrogen and oxygen atoms in total. The first kappa shape index (κ1) is 19.7. The summed E-state index contributed by atoms with van der Waals surface area (Å²) >= 11 is 3.11. The number of benzene rings is 1. The molecule has 2 amide bonds. The maximum atomic E-state index is 12.2. The quantitative estimate of drug-likeness (QED) is 0.693. The molecule has 0 fully saturated rings. The number of methoxy groups -OCH3 is 1. The van der Waals surface area contributed by atoms with Crippen LogP contribution in [0.15, 0.2) is 29.2 Å². The summed E-state index contributed by atoms with van der Waals surface area (Å²) in [5.41, 5.74) is 0.837. The summed E-state index contributed by atoms with van der Waals surface area (Å²) in [6, 6.07) is 7.01. The Kier molecular flexibility index (Phi) is 7.64. The summed E-state index contributed by atoms with van der Waals surface area (Å²) in [7, 11) is 1.31. The van der Waals surface area contributed by atoms with Crippen molar-refractivity contribution in [1.29, 1.82) is 0 Å². The molecule has 0 saturated carbocycles. The zero-order valence-electron chi connectivity index (χ0n) is 14.3. The van der Waals surface area contributed by atoms with Crippen molar-refractivity contribution in [3.63, 3.8) is 0 Å². The standard InChI is InChI=1S/C17H22N2O4S2/c1-23-17(22)12(8-10-24-2)18-15(20)7-9-19-13-5-3-4-6-14(13)25-11-16(19)21/h3-6,12H,7-11H2,1-2H3,(H,18,20)/t12-/m1/s1. The highest BCUT2D eigenvalue weighted by atomic mass is 32.2. The van der Waals surface area contributed by atoms with Crippen LogP contribution < -0.4 is 10.2 Å². The SMILES string of the molecule is COC(=O)[C@@H](CCSC)NC(=O)CCN1C(=O)CSc2ccccc21. The predicted octanol–water partition coefficient (Wildman–Crippen LogP) is 1.93. The largest absolute Gasteiger partial charge is 0.467 e. The van der Waals surface area contributed by atoms with Gasteiger partial charge in [0.1, 0.15) is 6.04 Å². The van der Waals surface area contributed by atoms with Crippen LogP contribution in [0.1, 0.15) is 12.8 Å². The summed E-state index contributed by atoms with van der Waals surface area (Å²) in [5, 5.41) is 2.71. The number of rotatable bonds is 8. The lowest BCUT2D eigenvalue weighted by molar-refractivity contribution is -0.145. The molecule has 0 bridgehead atoms. The van der Waals surface area contributed by atoms with E-state index in [1.807, 2.05) is 30.5 Å². The van der Waals surface area contributed by atoms with Gasteiger partial charge in [-0.15, -0.1) is 11.8 Å². The topological polar surface area (TPSA) is 75.7 Å². The van der Waals surface area contributed by atoms with E-state index in [4.69, 9.17) is 4.74 Å². The number of para-hydroxylation sites is 1. The Labute approximate surface area is 156 Å². The van der Waals surface area contributed by atoms with Crippen molar-refractivity contribution >= 4 is 47.0 Å². The van der Waals surface area contributed by atoms with Crippen molar-refractivity contribution in [3.05, 3.63) is 24.3 Å². The van der Waals surface area contributed by atoms with Crippen molar-refractivity contribution in [3.8, 4) is 0 Å². The van der Waals surface area contributed by atoms with Gasteiger partial charge in [0.2, 0.25) is 11.8 Å². The second kappa shape index (κ2) is 9.72. The summed E-state index contributed by atoms with van der Waals surface area (Å²) in [6.07, 6.45) is 2.59. The lowest BCUT2D eigenvalue weighted by Crippen LogP contribution is -2.44. The van der Waals surface area contributed by atoms with Crippen LogP contribution in [0.2, 0.25) is 0 Å². The second-order valence-corrected chi connectivity index (χ2v) is 7.48. The third-order valence-electron chi connectivity index (χ3n) is 3.80. The second-order valence-electron chi connectivity index (χ2n) is 5.48. The number of fused-ring (bicyclic) bond motifs is 1. The van der Waals surface area contributed by atoms with Gasteiger partial charge in [0, 0.05) is 17.9 Å². The smallest absolute Gasteiger partial charge is 0.328 e. The summed E-state index contributed by atoms with van der Waals surface area (Å²) < 4.78 is 4.74. The molecule has 1 aliphatic heterocycles. The van der Waals surface area contributed by atoms with E-state index in [1.165, 1.54) is 18.9 Å². The van der Waals surface area contributed by atoms with E-state index in [0.29, 0.717) is 18.7 Å². The maximum absolute atomic E-state index is 12.2. The number of ether oxygens (including phenoxy) is 1. The zero-order chi connectivity index (χ0) is 18.2. The van der Waals surface area contributed by atoms with Gasteiger partial charge >= 0.3 is 5.97 Å². The maximum Gasteiger partial charge on any atom is 0.328 e. The molecule has 0 aliphatic carbocycles. The third kappa shape index (κ3) is 5.40. The van der Waals surface area contributed by atoms with E-state index < -0.39 is 12.0 Å². The van der Waals surface area contributed by atoms with Crippen LogP contribution in [0.25, 0.3) is 0 Å². The number of amides is 2. The van der Waals surface area contributed by atoms with Crippen molar-refractivity contribution < 1.29 is 19.1 Å². The van der Waals surface area contributed by atoms with Crippen LogP contribution in [0.4, 0.5) is 5.69 Å². The first-order chi connectivity index (χ1) is 12.1. The number of esters is 1. The van der Waals surface area contributed by atoms with Gasteiger partial charge in [-0.05, 0) is 30.6 Å². The first-order valence-corrected chi connectivity index (χ1v) is 10.3. The minimum atomic E-state index is -0.648. The van der Waals surface area contributed by atoms with Gasteiger partial charge < -0.3 is 15.0 Å². The Morgan fingerprint density at radius 3 is 2.88 bits per heavy atom. The molecule has 0 radical (unpaired) electrons. The number of hydrogen-bond donors (Lipinski definition) is 1. The van der Waals surface area contributed by atoms with Gasteiger partial charge in [0.05, 0.1) is 18.6 Å². The highest BCUT2D eigenvalue weighted by Crippen LogP contribution is 2.34. The lowest BCUT2D eigenvalue weighted by atomic mass is 10.2. The van der Waals surface area contributed by atoms with E-state index in [9.17, 15) is 14.4 Å². The average molecular weight is 383 g/mol. The Hall–Kier alpha value is -1.67. The fourth-order valence-electron chi connectivity index (χ4n) is 2.51. The molecule has 1 aromatic carbocycles. The fourth-order valence-corrected chi connectivity index (χ4v) is 3.91. The van der Waals surface area contributed by atoms with Gasteiger partial charge in [0.15, 0.2) is 0 Å². The summed E-state index contributed by atoms with van der Waals surface area (Å²) in [5.74, 6) is 0.397. The number of anilines is 1. The average Bonchev–Trinajstić information content (AvgIpc) is 2.63. The Morgan fingerprint density at radius 1 is 1.40 bits per heavy atom. The van der Waals surface area contributed by atoms with Crippen LogP contribution in [-0.2, 0) is 19.1 Å². The molecule has 136 valence electrons. The minimum Gasteiger partial charge on any atom is -0.467 e. The monoisotopic (exact) mass is 382 g/mol. The van der Waals surface area contributed by atoms with Crippen LogP contribution >= 0.6 is 23.5 Å². The molecule has 1 N–H and O–H groups in total. The number of nitrogens with zero attached hydrogens (tertiary/aromatic N) is 1. The van der Waals surface area contributed by atoms with Crippen LogP contribution in [-0.4, -0.2) is 55.2 Å².